The summed E-state index contributed by atoms with van der Waals surface area (Å²) in [7, 11) is 0. The average Bonchev–Trinajstić information content (AvgIpc) is 2.64. The number of allylic oxidation sites excluding steroid dienone is 1. The first-order valence-electron chi connectivity index (χ1n) is 4.39. The van der Waals surface area contributed by atoms with Crippen molar-refractivity contribution in [2.24, 2.45) is 0 Å². The van der Waals surface area contributed by atoms with E-state index >= 15 is 0 Å². The van der Waals surface area contributed by atoms with Crippen LogP contribution >= 0.6 is 0 Å². The molecule has 5 heteroatoms. The van der Waals surface area contributed by atoms with Gasteiger partial charge in [-0.3, -0.25) is 0 Å². The fraction of sp³-hybridized carbons (Fsp3) is 0.625. The van der Waals surface area contributed by atoms with Crippen LogP contribution in [-0.2, 0) is 6.54 Å². The number of nitrogens with one attached hydrogen (secondary N) is 2. The first kappa shape index (κ1) is 9.85. The molecule has 0 amide bonds. The molecule has 1 aromatic rings. The molecule has 0 spiro atoms. The SMILES string of the molecule is C=CCCC(C)NCc1nn[nH]n1. The van der Waals surface area contributed by atoms with E-state index < -0.39 is 0 Å². The van der Waals surface area contributed by atoms with E-state index in [-0.39, 0.29) is 0 Å². The Bertz CT molecular complexity index is 231. The minimum absolute atomic E-state index is 0.455. The monoisotopic (exact) mass is 181 g/mol. The maximum absolute atomic E-state index is 3.84. The van der Waals surface area contributed by atoms with Gasteiger partial charge in [0, 0.05) is 6.04 Å². The van der Waals surface area contributed by atoms with Crippen molar-refractivity contribution in [3.8, 4) is 0 Å². The number of aromatic nitrogens is 4. The summed E-state index contributed by atoms with van der Waals surface area (Å²) in [5.41, 5.74) is 0. The molecule has 13 heavy (non-hydrogen) atoms. The molecule has 1 atom stereocenters. The van der Waals surface area contributed by atoms with Crippen molar-refractivity contribution in [1.29, 1.82) is 0 Å². The maximum Gasteiger partial charge on any atom is 0.188 e. The molecule has 1 aromatic heterocycles. The summed E-state index contributed by atoms with van der Waals surface area (Å²) >= 11 is 0. The average molecular weight is 181 g/mol. The Morgan fingerprint density at radius 2 is 2.54 bits per heavy atom. The van der Waals surface area contributed by atoms with E-state index in [9.17, 15) is 0 Å². The molecular weight excluding hydrogens is 166 g/mol. The molecule has 1 unspecified atom stereocenters. The van der Waals surface area contributed by atoms with Gasteiger partial charge in [0.2, 0.25) is 0 Å². The first-order valence-corrected chi connectivity index (χ1v) is 4.39. The molecule has 0 aliphatic heterocycles. The van der Waals surface area contributed by atoms with E-state index in [4.69, 9.17) is 0 Å². The van der Waals surface area contributed by atoms with Gasteiger partial charge in [-0.25, -0.2) is 0 Å². The number of rotatable bonds is 6. The highest BCUT2D eigenvalue weighted by atomic mass is 15.5. The molecule has 1 rings (SSSR count). The molecule has 0 aliphatic rings. The summed E-state index contributed by atoms with van der Waals surface area (Å²) in [6.45, 7) is 6.47. The van der Waals surface area contributed by atoms with E-state index in [0.717, 1.165) is 12.8 Å². The second-order valence-electron chi connectivity index (χ2n) is 2.98. The second kappa shape index (κ2) is 5.42. The van der Waals surface area contributed by atoms with Crippen molar-refractivity contribution >= 4 is 0 Å². The van der Waals surface area contributed by atoms with Crippen molar-refractivity contribution in [3.05, 3.63) is 18.5 Å². The Labute approximate surface area is 77.6 Å². The predicted molar refractivity (Wildman–Crippen MR) is 49.9 cm³/mol. The lowest BCUT2D eigenvalue weighted by Crippen LogP contribution is -2.25. The summed E-state index contributed by atoms with van der Waals surface area (Å²) in [6, 6.07) is 0.455. The van der Waals surface area contributed by atoms with Crippen molar-refractivity contribution in [1.82, 2.24) is 25.9 Å². The van der Waals surface area contributed by atoms with Crippen LogP contribution in [0.1, 0.15) is 25.6 Å². The number of hydrogen-bond donors (Lipinski definition) is 2. The molecule has 2 N–H and O–H groups in total. The van der Waals surface area contributed by atoms with E-state index in [0.29, 0.717) is 18.4 Å². The molecule has 5 nitrogen and oxygen atoms in total. The van der Waals surface area contributed by atoms with Crippen LogP contribution < -0.4 is 5.32 Å². The first-order chi connectivity index (χ1) is 6.33. The van der Waals surface area contributed by atoms with Crippen LogP contribution in [0.15, 0.2) is 12.7 Å². The van der Waals surface area contributed by atoms with Gasteiger partial charge in [0.25, 0.3) is 0 Å². The zero-order valence-corrected chi connectivity index (χ0v) is 7.82. The lowest BCUT2D eigenvalue weighted by atomic mass is 10.2. The summed E-state index contributed by atoms with van der Waals surface area (Å²) in [4.78, 5) is 0. The molecule has 72 valence electrons. The molecular formula is C8H15N5. The smallest absolute Gasteiger partial charge is 0.188 e. The molecule has 0 aliphatic carbocycles. The zero-order chi connectivity index (χ0) is 9.52. The molecule has 0 saturated heterocycles. The largest absolute Gasteiger partial charge is 0.307 e. The van der Waals surface area contributed by atoms with Crippen molar-refractivity contribution in [3.63, 3.8) is 0 Å². The quantitative estimate of drug-likeness (QED) is 0.632. The van der Waals surface area contributed by atoms with Crippen LogP contribution in [0, 0.1) is 0 Å². The Morgan fingerprint density at radius 3 is 3.15 bits per heavy atom. The summed E-state index contributed by atoms with van der Waals surface area (Å²) < 4.78 is 0. The fourth-order valence-corrected chi connectivity index (χ4v) is 0.993. The number of nitrogens with zero attached hydrogens (tertiary/aromatic N) is 3. The van der Waals surface area contributed by atoms with Gasteiger partial charge in [-0.05, 0) is 19.8 Å². The van der Waals surface area contributed by atoms with Crippen LogP contribution in [0.25, 0.3) is 0 Å². The highest BCUT2D eigenvalue weighted by Crippen LogP contribution is 1.97. The van der Waals surface area contributed by atoms with E-state index in [1.807, 2.05) is 6.08 Å². The second-order valence-corrected chi connectivity index (χ2v) is 2.98. The summed E-state index contributed by atoms with van der Waals surface area (Å²) in [5.74, 6) is 0.699. The third-order valence-electron chi connectivity index (χ3n) is 1.80. The van der Waals surface area contributed by atoms with Gasteiger partial charge in [-0.1, -0.05) is 11.3 Å². The minimum atomic E-state index is 0.455. The summed E-state index contributed by atoms with van der Waals surface area (Å²) in [6.07, 6.45) is 4.04. The molecule has 0 bridgehead atoms. The Balaban J connectivity index is 2.15. The van der Waals surface area contributed by atoms with Gasteiger partial charge < -0.3 is 5.32 Å². The third kappa shape index (κ3) is 3.80. The van der Waals surface area contributed by atoms with Crippen molar-refractivity contribution in [2.45, 2.75) is 32.4 Å². The highest BCUT2D eigenvalue weighted by molar-refractivity contribution is 4.77. The highest BCUT2D eigenvalue weighted by Gasteiger charge is 2.02. The lowest BCUT2D eigenvalue weighted by molar-refractivity contribution is 0.508. The van der Waals surface area contributed by atoms with Crippen LogP contribution in [0.3, 0.4) is 0 Å². The predicted octanol–water partition coefficient (Wildman–Crippen LogP) is 0.644. The van der Waals surface area contributed by atoms with Gasteiger partial charge in [0.1, 0.15) is 0 Å². The summed E-state index contributed by atoms with van der Waals surface area (Å²) in [5, 5.41) is 16.8. The number of hydrogen-bond acceptors (Lipinski definition) is 4. The van der Waals surface area contributed by atoms with Crippen LogP contribution in [0.2, 0.25) is 0 Å². The number of H-pyrrole nitrogens is 1. The molecule has 1 heterocycles. The van der Waals surface area contributed by atoms with Gasteiger partial charge in [-0.2, -0.15) is 5.21 Å². The fourth-order valence-electron chi connectivity index (χ4n) is 0.993. The van der Waals surface area contributed by atoms with Crippen molar-refractivity contribution < 1.29 is 0 Å². The number of tetrazole rings is 1. The zero-order valence-electron chi connectivity index (χ0n) is 7.82. The van der Waals surface area contributed by atoms with Crippen molar-refractivity contribution in [2.75, 3.05) is 0 Å². The molecule has 0 saturated carbocycles. The van der Waals surface area contributed by atoms with Gasteiger partial charge in [-0.15, -0.1) is 16.8 Å². The van der Waals surface area contributed by atoms with Gasteiger partial charge >= 0.3 is 0 Å². The van der Waals surface area contributed by atoms with Gasteiger partial charge in [0.05, 0.1) is 6.54 Å². The molecule has 0 radical (unpaired) electrons. The molecule has 0 fully saturated rings. The normalized spacial score (nSPS) is 12.7. The Kier molecular flexibility index (Phi) is 4.11. The van der Waals surface area contributed by atoms with E-state index in [2.05, 4.69) is 39.4 Å². The van der Waals surface area contributed by atoms with E-state index in [1.165, 1.54) is 0 Å². The van der Waals surface area contributed by atoms with E-state index in [1.54, 1.807) is 0 Å². The maximum atomic E-state index is 3.84. The van der Waals surface area contributed by atoms with Gasteiger partial charge in [0.15, 0.2) is 5.82 Å². The minimum Gasteiger partial charge on any atom is -0.307 e. The van der Waals surface area contributed by atoms with Crippen LogP contribution in [0.5, 0.6) is 0 Å². The third-order valence-corrected chi connectivity index (χ3v) is 1.80. The molecule has 0 aromatic carbocycles. The Hall–Kier alpha value is -1.23. The lowest BCUT2D eigenvalue weighted by Gasteiger charge is -2.09. The van der Waals surface area contributed by atoms with Crippen LogP contribution in [0.4, 0.5) is 0 Å². The Morgan fingerprint density at radius 1 is 1.69 bits per heavy atom. The standard InChI is InChI=1S/C8H15N5/c1-3-4-5-7(2)9-6-8-10-12-13-11-8/h3,7,9H,1,4-6H2,2H3,(H,10,11,12,13). The van der Waals surface area contributed by atoms with Crippen LogP contribution in [-0.4, -0.2) is 26.7 Å². The number of aromatic amines is 1. The topological polar surface area (TPSA) is 66.5 Å².